The maximum absolute atomic E-state index is 11.9. The van der Waals surface area contributed by atoms with Crippen molar-refractivity contribution >= 4 is 28.5 Å². The SMILES string of the molecule is CCCCCc1nnc(NC(=O)/C=C/c2ccc(OC)cc2)s1. The zero-order chi connectivity index (χ0) is 16.5. The molecular weight excluding hydrogens is 310 g/mol. The highest BCUT2D eigenvalue weighted by atomic mass is 32.1. The fourth-order valence-electron chi connectivity index (χ4n) is 1.97. The Morgan fingerprint density at radius 1 is 1.26 bits per heavy atom. The largest absolute Gasteiger partial charge is 0.497 e. The van der Waals surface area contributed by atoms with E-state index in [4.69, 9.17) is 4.74 Å². The van der Waals surface area contributed by atoms with Gasteiger partial charge in [-0.1, -0.05) is 43.2 Å². The second-order valence-electron chi connectivity index (χ2n) is 5.05. The van der Waals surface area contributed by atoms with E-state index in [0.29, 0.717) is 5.13 Å². The molecule has 122 valence electrons. The molecule has 0 atom stereocenters. The third-order valence-corrected chi connectivity index (χ3v) is 4.13. The number of anilines is 1. The molecule has 0 unspecified atom stereocenters. The number of hydrogen-bond acceptors (Lipinski definition) is 5. The van der Waals surface area contributed by atoms with E-state index >= 15 is 0 Å². The summed E-state index contributed by atoms with van der Waals surface area (Å²) < 4.78 is 5.09. The molecule has 2 rings (SSSR count). The zero-order valence-corrected chi connectivity index (χ0v) is 14.2. The van der Waals surface area contributed by atoms with E-state index in [1.54, 1.807) is 13.2 Å². The van der Waals surface area contributed by atoms with Crippen LogP contribution in [0.5, 0.6) is 5.75 Å². The summed E-state index contributed by atoms with van der Waals surface area (Å²) >= 11 is 1.43. The monoisotopic (exact) mass is 331 g/mol. The molecule has 5 nitrogen and oxygen atoms in total. The lowest BCUT2D eigenvalue weighted by Gasteiger charge is -1.99. The van der Waals surface area contributed by atoms with Crippen LogP contribution in [0.1, 0.15) is 36.8 Å². The molecule has 2 aromatic rings. The molecule has 0 aliphatic rings. The van der Waals surface area contributed by atoms with E-state index in [1.165, 1.54) is 30.3 Å². The number of methoxy groups -OCH3 is 1. The summed E-state index contributed by atoms with van der Waals surface area (Å²) in [5.74, 6) is 0.577. The summed E-state index contributed by atoms with van der Waals surface area (Å²) in [4.78, 5) is 11.9. The molecule has 0 fully saturated rings. The Balaban J connectivity index is 1.85. The third-order valence-electron chi connectivity index (χ3n) is 3.23. The highest BCUT2D eigenvalue weighted by Crippen LogP contribution is 2.17. The first-order valence-corrected chi connectivity index (χ1v) is 8.48. The van der Waals surface area contributed by atoms with E-state index < -0.39 is 0 Å². The maximum Gasteiger partial charge on any atom is 0.250 e. The van der Waals surface area contributed by atoms with Gasteiger partial charge in [-0.15, -0.1) is 10.2 Å². The number of nitrogens with zero attached hydrogens (tertiary/aromatic N) is 2. The average molecular weight is 331 g/mol. The number of rotatable bonds is 8. The van der Waals surface area contributed by atoms with Gasteiger partial charge in [0.05, 0.1) is 7.11 Å². The molecule has 0 aliphatic carbocycles. The number of aryl methyl sites for hydroxylation is 1. The van der Waals surface area contributed by atoms with Gasteiger partial charge in [0.25, 0.3) is 0 Å². The van der Waals surface area contributed by atoms with Crippen molar-refractivity contribution in [3.05, 3.63) is 40.9 Å². The van der Waals surface area contributed by atoms with Crippen molar-refractivity contribution < 1.29 is 9.53 Å². The van der Waals surface area contributed by atoms with Gasteiger partial charge in [0.15, 0.2) is 0 Å². The lowest BCUT2D eigenvalue weighted by Crippen LogP contribution is -2.07. The smallest absolute Gasteiger partial charge is 0.250 e. The molecule has 1 aromatic carbocycles. The predicted octanol–water partition coefficient (Wildman–Crippen LogP) is 3.93. The molecule has 23 heavy (non-hydrogen) atoms. The molecule has 0 saturated carbocycles. The van der Waals surface area contributed by atoms with Crippen LogP contribution in [0.3, 0.4) is 0 Å². The molecule has 6 heteroatoms. The minimum absolute atomic E-state index is 0.211. The number of carbonyl (C=O) groups is 1. The van der Waals surface area contributed by atoms with Gasteiger partial charge >= 0.3 is 0 Å². The minimum atomic E-state index is -0.211. The standard InChI is InChI=1S/C17H21N3O2S/c1-3-4-5-6-16-19-20-17(23-16)18-15(21)12-9-13-7-10-14(22-2)11-8-13/h7-12H,3-6H2,1-2H3,(H,18,20,21)/b12-9+. The molecule has 1 aromatic heterocycles. The van der Waals surface area contributed by atoms with Crippen LogP contribution in [-0.2, 0) is 11.2 Å². The van der Waals surface area contributed by atoms with Crippen LogP contribution < -0.4 is 10.1 Å². The van der Waals surface area contributed by atoms with Crippen LogP contribution in [0.2, 0.25) is 0 Å². The molecule has 0 radical (unpaired) electrons. The Labute approximate surface area is 140 Å². The molecule has 0 spiro atoms. The Hall–Kier alpha value is -2.21. The normalized spacial score (nSPS) is 10.9. The Morgan fingerprint density at radius 2 is 2.04 bits per heavy atom. The number of hydrogen-bond donors (Lipinski definition) is 1. The molecule has 1 heterocycles. The van der Waals surface area contributed by atoms with Crippen LogP contribution in [0, 0.1) is 0 Å². The second-order valence-corrected chi connectivity index (χ2v) is 6.12. The predicted molar refractivity (Wildman–Crippen MR) is 93.8 cm³/mol. The van der Waals surface area contributed by atoms with Crippen molar-refractivity contribution in [1.82, 2.24) is 10.2 Å². The van der Waals surface area contributed by atoms with E-state index in [2.05, 4.69) is 22.4 Å². The van der Waals surface area contributed by atoms with Crippen LogP contribution >= 0.6 is 11.3 Å². The minimum Gasteiger partial charge on any atom is -0.497 e. The number of nitrogens with one attached hydrogen (secondary N) is 1. The summed E-state index contributed by atoms with van der Waals surface area (Å²) in [6, 6.07) is 7.48. The number of carbonyl (C=O) groups excluding carboxylic acids is 1. The van der Waals surface area contributed by atoms with Crippen molar-refractivity contribution in [3.8, 4) is 5.75 Å². The van der Waals surface area contributed by atoms with Gasteiger partial charge in [0.2, 0.25) is 11.0 Å². The first-order valence-electron chi connectivity index (χ1n) is 7.66. The molecule has 0 saturated heterocycles. The Bertz CT molecular complexity index is 650. The summed E-state index contributed by atoms with van der Waals surface area (Å²) in [6.45, 7) is 2.17. The van der Waals surface area contributed by atoms with Gasteiger partial charge in [0, 0.05) is 12.5 Å². The average Bonchev–Trinajstić information content (AvgIpc) is 3.01. The number of aromatic nitrogens is 2. The lowest BCUT2D eigenvalue weighted by molar-refractivity contribution is -0.111. The first kappa shape index (κ1) is 17.1. The number of unbranched alkanes of at least 4 members (excludes halogenated alkanes) is 2. The van der Waals surface area contributed by atoms with Crippen LogP contribution in [0.4, 0.5) is 5.13 Å². The van der Waals surface area contributed by atoms with Crippen LogP contribution in [0.15, 0.2) is 30.3 Å². The summed E-state index contributed by atoms with van der Waals surface area (Å²) in [5, 5.41) is 12.3. The van der Waals surface area contributed by atoms with Gasteiger partial charge in [-0.25, -0.2) is 0 Å². The molecule has 0 bridgehead atoms. The summed E-state index contributed by atoms with van der Waals surface area (Å²) in [6.07, 6.45) is 7.63. The summed E-state index contributed by atoms with van der Waals surface area (Å²) in [7, 11) is 1.62. The fraction of sp³-hybridized carbons (Fsp3) is 0.353. The molecule has 1 amide bonds. The van der Waals surface area contributed by atoms with Gasteiger partial charge in [-0.05, 0) is 30.2 Å². The highest BCUT2D eigenvalue weighted by molar-refractivity contribution is 7.15. The second kappa shape index (κ2) is 9.05. The van der Waals surface area contributed by atoms with E-state index in [-0.39, 0.29) is 5.91 Å². The van der Waals surface area contributed by atoms with Gasteiger partial charge in [-0.3, -0.25) is 10.1 Å². The van der Waals surface area contributed by atoms with E-state index in [0.717, 1.165) is 29.2 Å². The quantitative estimate of drug-likeness (QED) is 0.588. The van der Waals surface area contributed by atoms with Gasteiger partial charge < -0.3 is 4.74 Å². The lowest BCUT2D eigenvalue weighted by atomic mass is 10.2. The van der Waals surface area contributed by atoms with Crippen LogP contribution in [0.25, 0.3) is 6.08 Å². The topological polar surface area (TPSA) is 64.1 Å². The van der Waals surface area contributed by atoms with Crippen molar-refractivity contribution in [2.75, 3.05) is 12.4 Å². The van der Waals surface area contributed by atoms with Crippen molar-refractivity contribution in [2.45, 2.75) is 32.6 Å². The third kappa shape index (κ3) is 5.83. The van der Waals surface area contributed by atoms with Crippen molar-refractivity contribution in [2.24, 2.45) is 0 Å². The van der Waals surface area contributed by atoms with Crippen molar-refractivity contribution in [1.29, 1.82) is 0 Å². The molecule has 0 aliphatic heterocycles. The summed E-state index contributed by atoms with van der Waals surface area (Å²) in [5.41, 5.74) is 0.929. The Morgan fingerprint density at radius 3 is 2.74 bits per heavy atom. The molecular formula is C17H21N3O2S. The fourth-order valence-corrected chi connectivity index (χ4v) is 2.75. The highest BCUT2D eigenvalue weighted by Gasteiger charge is 2.06. The zero-order valence-electron chi connectivity index (χ0n) is 13.4. The van der Waals surface area contributed by atoms with E-state index in [1.807, 2.05) is 24.3 Å². The number of amides is 1. The van der Waals surface area contributed by atoms with Crippen LogP contribution in [-0.4, -0.2) is 23.2 Å². The maximum atomic E-state index is 11.9. The van der Waals surface area contributed by atoms with Crippen molar-refractivity contribution in [3.63, 3.8) is 0 Å². The van der Waals surface area contributed by atoms with Gasteiger partial charge in [0.1, 0.15) is 10.8 Å². The van der Waals surface area contributed by atoms with E-state index in [9.17, 15) is 4.79 Å². The first-order chi connectivity index (χ1) is 11.2. The Kier molecular flexibility index (Phi) is 6.75. The number of ether oxygens (including phenoxy) is 1. The number of benzene rings is 1. The molecule has 1 N–H and O–H groups in total. The van der Waals surface area contributed by atoms with Gasteiger partial charge in [-0.2, -0.15) is 0 Å².